The van der Waals surface area contributed by atoms with Gasteiger partial charge in [0, 0.05) is 36.4 Å². The number of Topliss-reactive ketones (excluding diaryl/α,β-unsaturated/α-hetero) is 1. The van der Waals surface area contributed by atoms with Gasteiger partial charge in [0.05, 0.1) is 11.6 Å². The Morgan fingerprint density at radius 1 is 1.18 bits per heavy atom. The number of nitriles is 1. The van der Waals surface area contributed by atoms with Crippen molar-refractivity contribution in [1.82, 2.24) is 0 Å². The molecule has 4 rings (SSSR count). The summed E-state index contributed by atoms with van der Waals surface area (Å²) in [7, 11) is 0. The third-order valence-corrected chi connectivity index (χ3v) is 5.84. The number of hydrogen-bond acceptors (Lipinski definition) is 7. The molecule has 0 spiro atoms. The minimum absolute atomic E-state index is 0.0489. The first-order chi connectivity index (χ1) is 15.8. The molecular weight excluding hydrogens is 426 g/mol. The summed E-state index contributed by atoms with van der Waals surface area (Å²) < 4.78 is 0. The van der Waals surface area contributed by atoms with E-state index in [0.29, 0.717) is 29.9 Å². The Hall–Kier alpha value is -4.39. The van der Waals surface area contributed by atoms with E-state index >= 15 is 0 Å². The molecule has 1 fully saturated rings. The van der Waals surface area contributed by atoms with Crippen LogP contribution in [0, 0.1) is 17.2 Å². The minimum Gasteiger partial charge on any atom is -0.507 e. The lowest BCUT2D eigenvalue weighted by molar-refractivity contribution is -0.127. The molecule has 2 atom stereocenters. The Bertz CT molecular complexity index is 1220. The fourth-order valence-corrected chi connectivity index (χ4v) is 4.07. The molecule has 168 valence electrons. The fraction of sp³-hybridized carbons (Fsp3) is 0.261. The number of hydrogen-bond donors (Lipinski definition) is 4. The quantitative estimate of drug-likeness (QED) is 0.548. The van der Waals surface area contributed by atoms with Crippen LogP contribution in [0.5, 0.6) is 5.75 Å². The van der Waals surface area contributed by atoms with Gasteiger partial charge in [0.15, 0.2) is 5.78 Å². The number of aromatic hydroxyl groups is 1. The summed E-state index contributed by atoms with van der Waals surface area (Å²) in [4.78, 5) is 50.0. The molecule has 0 saturated carbocycles. The van der Waals surface area contributed by atoms with E-state index in [2.05, 4.69) is 10.6 Å². The second-order valence-electron chi connectivity index (χ2n) is 8.00. The summed E-state index contributed by atoms with van der Waals surface area (Å²) in [6.07, 6.45) is 0.700. The Balaban J connectivity index is 1.60. The molecule has 0 aliphatic carbocycles. The normalized spacial score (nSPS) is 19.8. The first-order valence-electron chi connectivity index (χ1n) is 10.3. The number of primary amides is 1. The van der Waals surface area contributed by atoms with E-state index in [4.69, 9.17) is 5.73 Å². The lowest BCUT2D eigenvalue weighted by Gasteiger charge is -2.37. The molecule has 33 heavy (non-hydrogen) atoms. The van der Waals surface area contributed by atoms with Gasteiger partial charge in [-0.2, -0.15) is 5.26 Å². The van der Waals surface area contributed by atoms with Gasteiger partial charge < -0.3 is 26.4 Å². The zero-order valence-corrected chi connectivity index (χ0v) is 17.5. The molecule has 10 heteroatoms. The maximum absolute atomic E-state index is 12.9. The number of carbonyl (C=O) groups is 4. The zero-order chi connectivity index (χ0) is 23.7. The van der Waals surface area contributed by atoms with E-state index in [-0.39, 0.29) is 36.0 Å². The first-order valence-corrected chi connectivity index (χ1v) is 10.3. The molecule has 0 radical (unpaired) electrons. The van der Waals surface area contributed by atoms with Crippen molar-refractivity contribution in [1.29, 1.82) is 5.26 Å². The van der Waals surface area contributed by atoms with E-state index in [1.807, 2.05) is 6.07 Å². The van der Waals surface area contributed by atoms with Crippen molar-refractivity contribution in [3.05, 3.63) is 47.5 Å². The highest BCUT2D eigenvalue weighted by atomic mass is 16.3. The molecule has 0 bridgehead atoms. The maximum Gasteiger partial charge on any atom is 0.259 e. The monoisotopic (exact) mass is 447 g/mol. The van der Waals surface area contributed by atoms with E-state index in [1.54, 1.807) is 18.2 Å². The highest BCUT2D eigenvalue weighted by Crippen LogP contribution is 2.31. The Morgan fingerprint density at radius 2 is 1.97 bits per heavy atom. The number of amides is 3. The number of nitrogens with one attached hydrogen (secondary N) is 2. The van der Waals surface area contributed by atoms with Gasteiger partial charge in [0.2, 0.25) is 11.8 Å². The second-order valence-corrected chi connectivity index (χ2v) is 8.00. The van der Waals surface area contributed by atoms with Crippen LogP contribution in [0.15, 0.2) is 36.4 Å². The summed E-state index contributed by atoms with van der Waals surface area (Å²) in [5.41, 5.74) is 7.86. The predicted octanol–water partition coefficient (Wildman–Crippen LogP) is 1.30. The van der Waals surface area contributed by atoms with Crippen molar-refractivity contribution in [3.8, 4) is 11.8 Å². The van der Waals surface area contributed by atoms with E-state index in [0.717, 1.165) is 5.56 Å². The number of nitrogens with two attached hydrogens (primary N) is 1. The predicted molar refractivity (Wildman–Crippen MR) is 119 cm³/mol. The van der Waals surface area contributed by atoms with Crippen LogP contribution in [-0.4, -0.2) is 41.2 Å². The average molecular weight is 447 g/mol. The Morgan fingerprint density at radius 3 is 2.70 bits per heavy atom. The van der Waals surface area contributed by atoms with Gasteiger partial charge in [0.1, 0.15) is 17.7 Å². The van der Waals surface area contributed by atoms with Crippen molar-refractivity contribution >= 4 is 40.6 Å². The van der Waals surface area contributed by atoms with Crippen LogP contribution in [0.1, 0.15) is 28.8 Å². The summed E-state index contributed by atoms with van der Waals surface area (Å²) in [5, 5.41) is 25.0. The molecule has 2 aromatic rings. The third-order valence-electron chi connectivity index (χ3n) is 5.84. The number of aryl methyl sites for hydroxylation is 1. The van der Waals surface area contributed by atoms with Crippen LogP contribution in [-0.2, 0) is 20.8 Å². The molecular formula is C23H21N5O5. The molecule has 2 unspecified atom stereocenters. The van der Waals surface area contributed by atoms with E-state index in [9.17, 15) is 29.5 Å². The lowest BCUT2D eigenvalue weighted by Crippen LogP contribution is -2.53. The maximum atomic E-state index is 12.9. The average Bonchev–Trinajstić information content (AvgIpc) is 2.79. The molecule has 0 aromatic heterocycles. The van der Waals surface area contributed by atoms with Crippen molar-refractivity contribution in [2.45, 2.75) is 25.3 Å². The van der Waals surface area contributed by atoms with Crippen LogP contribution in [0.4, 0.5) is 17.1 Å². The molecule has 2 aliphatic heterocycles. The zero-order valence-electron chi connectivity index (χ0n) is 17.5. The van der Waals surface area contributed by atoms with E-state index < -0.39 is 23.8 Å². The van der Waals surface area contributed by atoms with Gasteiger partial charge in [-0.1, -0.05) is 0 Å². The van der Waals surface area contributed by atoms with E-state index in [1.165, 1.54) is 23.1 Å². The summed E-state index contributed by atoms with van der Waals surface area (Å²) in [5.74, 6) is -2.94. The first kappa shape index (κ1) is 21.8. The van der Waals surface area contributed by atoms with Crippen LogP contribution < -0.4 is 21.3 Å². The smallest absolute Gasteiger partial charge is 0.259 e. The molecule has 2 aliphatic rings. The topological polar surface area (TPSA) is 166 Å². The van der Waals surface area contributed by atoms with Gasteiger partial charge in [0.25, 0.3) is 5.91 Å². The number of piperidine rings is 1. The largest absolute Gasteiger partial charge is 0.507 e. The minimum atomic E-state index is -0.960. The molecule has 3 amide bonds. The van der Waals surface area contributed by atoms with Crippen molar-refractivity contribution in [2.24, 2.45) is 11.7 Å². The van der Waals surface area contributed by atoms with Crippen molar-refractivity contribution < 1.29 is 24.3 Å². The SMILES string of the molecule is N#CC1CN(c2ccc(O)c(C(=O)Nc3ccc4c(c3)CCC(=O)N4)c2)C(C(N)=O)CC1=O. The molecule has 2 aromatic carbocycles. The number of ketones is 1. The highest BCUT2D eigenvalue weighted by Gasteiger charge is 2.37. The number of anilines is 3. The fourth-order valence-electron chi connectivity index (χ4n) is 4.07. The number of fused-ring (bicyclic) bond motifs is 1. The lowest BCUT2D eigenvalue weighted by atomic mass is 9.91. The van der Waals surface area contributed by atoms with Gasteiger partial charge in [-0.25, -0.2) is 0 Å². The standard InChI is InChI=1S/C23H21N5O5/c24-10-13-11-28(18(22(25)32)9-20(13)30)15-3-5-19(29)16(8-15)23(33)26-14-2-4-17-12(7-14)1-6-21(31)27-17/h2-5,7-8,13,18,29H,1,6,9,11H2,(H2,25,32)(H,26,33)(H,27,31). The molecule has 2 heterocycles. The molecule has 5 N–H and O–H groups in total. The van der Waals surface area contributed by atoms with Crippen molar-refractivity contribution in [2.75, 3.05) is 22.1 Å². The number of benzene rings is 2. The van der Waals surface area contributed by atoms with Gasteiger partial charge >= 0.3 is 0 Å². The third kappa shape index (κ3) is 4.34. The number of phenolic OH excluding ortho intramolecular Hbond substituents is 1. The summed E-state index contributed by atoms with van der Waals surface area (Å²) in [6, 6.07) is 10.2. The number of carbonyl (C=O) groups excluding carboxylic acids is 4. The van der Waals surface area contributed by atoms with Crippen LogP contribution in [0.2, 0.25) is 0 Å². The molecule has 10 nitrogen and oxygen atoms in total. The van der Waals surface area contributed by atoms with Crippen LogP contribution >= 0.6 is 0 Å². The van der Waals surface area contributed by atoms with Crippen LogP contribution in [0.25, 0.3) is 0 Å². The number of nitrogens with zero attached hydrogens (tertiary/aromatic N) is 2. The van der Waals surface area contributed by atoms with Crippen molar-refractivity contribution in [3.63, 3.8) is 0 Å². The second kappa shape index (κ2) is 8.63. The Labute approximate surface area is 189 Å². The summed E-state index contributed by atoms with van der Waals surface area (Å²) in [6.45, 7) is -0.0503. The Kier molecular flexibility index (Phi) is 5.70. The highest BCUT2D eigenvalue weighted by molar-refractivity contribution is 6.07. The molecule has 1 saturated heterocycles. The van der Waals surface area contributed by atoms with Crippen LogP contribution in [0.3, 0.4) is 0 Å². The number of phenols is 1. The van der Waals surface area contributed by atoms with Gasteiger partial charge in [-0.05, 0) is 48.4 Å². The summed E-state index contributed by atoms with van der Waals surface area (Å²) >= 11 is 0. The van der Waals surface area contributed by atoms with Gasteiger partial charge in [-0.15, -0.1) is 0 Å². The van der Waals surface area contributed by atoms with Gasteiger partial charge in [-0.3, -0.25) is 19.2 Å². The number of rotatable bonds is 4.